The molecule has 0 spiro atoms. The van der Waals surface area contributed by atoms with Gasteiger partial charge in [-0.2, -0.15) is 0 Å². The molecule has 0 radical (unpaired) electrons. The molecule has 1 N–H and O–H groups in total. The van der Waals surface area contributed by atoms with Gasteiger partial charge in [0.25, 0.3) is 0 Å². The first-order chi connectivity index (χ1) is 12.1. The molecule has 1 aromatic heterocycles. The zero-order chi connectivity index (χ0) is 17.6. The molecule has 0 fully saturated rings. The van der Waals surface area contributed by atoms with Crippen LogP contribution in [-0.4, -0.2) is 30.4 Å². The molecule has 25 heavy (non-hydrogen) atoms. The molecule has 0 amide bonds. The third-order valence-electron chi connectivity index (χ3n) is 4.30. The van der Waals surface area contributed by atoms with Crippen molar-refractivity contribution in [3.05, 3.63) is 41.7 Å². The Labute approximate surface area is 150 Å². The largest absolute Gasteiger partial charge is 0.493 e. The molecule has 4 rings (SSSR count). The van der Waals surface area contributed by atoms with Crippen LogP contribution in [0.3, 0.4) is 0 Å². The Kier molecular flexibility index (Phi) is 3.77. The van der Waals surface area contributed by atoms with E-state index < -0.39 is 0 Å². The second-order valence-corrected chi connectivity index (χ2v) is 6.19. The van der Waals surface area contributed by atoms with Gasteiger partial charge in [0.1, 0.15) is 18.3 Å². The molecule has 3 aromatic rings. The lowest BCUT2D eigenvalue weighted by molar-refractivity contribution is 0.356. The number of hydrogen-bond acceptors (Lipinski definition) is 6. The summed E-state index contributed by atoms with van der Waals surface area (Å²) in [7, 11) is 3.24. The van der Waals surface area contributed by atoms with Crippen molar-refractivity contribution in [2.75, 3.05) is 24.4 Å². The number of ether oxygens (including phenoxy) is 2. The third kappa shape index (κ3) is 2.41. The van der Waals surface area contributed by atoms with E-state index >= 15 is 0 Å². The van der Waals surface area contributed by atoms with Gasteiger partial charge in [-0.3, -0.25) is 0 Å². The highest BCUT2D eigenvalue weighted by Gasteiger charge is 2.31. The second-order valence-electron chi connectivity index (χ2n) is 5.75. The predicted octanol–water partition coefficient (Wildman–Crippen LogP) is 4.21. The number of rotatable bonds is 3. The first-order valence-electron chi connectivity index (χ1n) is 7.85. The Morgan fingerprint density at radius 1 is 1.16 bits per heavy atom. The Balaban J connectivity index is 2.02. The molecule has 1 aliphatic heterocycles. The van der Waals surface area contributed by atoms with Crippen molar-refractivity contribution in [2.45, 2.75) is 13.1 Å². The van der Waals surface area contributed by atoms with E-state index in [1.165, 1.54) is 0 Å². The van der Waals surface area contributed by atoms with Gasteiger partial charge in [-0.25, -0.2) is 9.97 Å². The van der Waals surface area contributed by atoms with Crippen LogP contribution in [0.1, 0.15) is 6.92 Å². The minimum absolute atomic E-state index is 0.0647. The van der Waals surface area contributed by atoms with Crippen LogP contribution in [0, 0.1) is 0 Å². The molecule has 2 heterocycles. The average Bonchev–Trinajstić information content (AvgIpc) is 2.61. The number of anilines is 3. The Morgan fingerprint density at radius 3 is 2.72 bits per heavy atom. The van der Waals surface area contributed by atoms with Gasteiger partial charge in [0.05, 0.1) is 30.8 Å². The van der Waals surface area contributed by atoms with Crippen LogP contribution < -0.4 is 19.7 Å². The molecule has 0 aliphatic carbocycles. The van der Waals surface area contributed by atoms with E-state index in [0.29, 0.717) is 16.5 Å². The lowest BCUT2D eigenvalue weighted by Gasteiger charge is -2.37. The summed E-state index contributed by atoms with van der Waals surface area (Å²) in [5, 5.41) is 5.05. The van der Waals surface area contributed by atoms with Gasteiger partial charge < -0.3 is 19.7 Å². The number of aromatic nitrogens is 2. The fourth-order valence-corrected chi connectivity index (χ4v) is 3.45. The Morgan fingerprint density at radius 2 is 2.00 bits per heavy atom. The fourth-order valence-electron chi connectivity index (χ4n) is 3.27. The standard InChI is InChI=1S/C18H17ClN4O2/c1-10-22-16-15-13(8-14(24-2)17(16)25-3)20-9-21-18(15)23(10)12-6-4-5-11(19)7-12/h4-10,22H,1-3H3. The molecule has 6 nitrogen and oxygen atoms in total. The number of nitrogens with zero attached hydrogens (tertiary/aromatic N) is 3. The Hall–Kier alpha value is -2.73. The third-order valence-corrected chi connectivity index (χ3v) is 4.54. The molecule has 2 aromatic carbocycles. The number of methoxy groups -OCH3 is 2. The van der Waals surface area contributed by atoms with Crippen molar-refractivity contribution in [3.63, 3.8) is 0 Å². The second kappa shape index (κ2) is 5.97. The lowest BCUT2D eigenvalue weighted by atomic mass is 10.1. The highest BCUT2D eigenvalue weighted by molar-refractivity contribution is 6.30. The van der Waals surface area contributed by atoms with Crippen molar-refractivity contribution in [2.24, 2.45) is 0 Å². The van der Waals surface area contributed by atoms with Gasteiger partial charge in [0.15, 0.2) is 11.5 Å². The molecule has 7 heteroatoms. The van der Waals surface area contributed by atoms with Crippen LogP contribution in [0.15, 0.2) is 36.7 Å². The summed E-state index contributed by atoms with van der Waals surface area (Å²) in [6, 6.07) is 9.55. The molecule has 0 saturated heterocycles. The zero-order valence-electron chi connectivity index (χ0n) is 14.1. The SMILES string of the molecule is COc1cc2ncnc3c2c(c1OC)NC(C)N3c1cccc(Cl)c1. The molecule has 1 aliphatic rings. The van der Waals surface area contributed by atoms with Crippen LogP contribution in [0.4, 0.5) is 17.2 Å². The van der Waals surface area contributed by atoms with Crippen molar-refractivity contribution in [1.29, 1.82) is 0 Å². The van der Waals surface area contributed by atoms with Crippen molar-refractivity contribution >= 4 is 39.7 Å². The smallest absolute Gasteiger partial charge is 0.184 e. The van der Waals surface area contributed by atoms with E-state index in [4.69, 9.17) is 21.1 Å². The number of nitrogens with one attached hydrogen (secondary N) is 1. The molecular formula is C18H17ClN4O2. The maximum Gasteiger partial charge on any atom is 0.184 e. The molecule has 128 valence electrons. The summed E-state index contributed by atoms with van der Waals surface area (Å²) in [6.07, 6.45) is 1.49. The Bertz CT molecular complexity index is 963. The highest BCUT2D eigenvalue weighted by Crippen LogP contribution is 2.48. The number of halogens is 1. The summed E-state index contributed by atoms with van der Waals surface area (Å²) >= 11 is 6.19. The van der Waals surface area contributed by atoms with Crippen LogP contribution in [0.5, 0.6) is 11.5 Å². The molecular weight excluding hydrogens is 340 g/mol. The molecule has 1 atom stereocenters. The summed E-state index contributed by atoms with van der Waals surface area (Å²) in [6.45, 7) is 2.05. The van der Waals surface area contributed by atoms with E-state index in [1.807, 2.05) is 30.3 Å². The van der Waals surface area contributed by atoms with Crippen molar-refractivity contribution < 1.29 is 9.47 Å². The monoisotopic (exact) mass is 356 g/mol. The van der Waals surface area contributed by atoms with Gasteiger partial charge in [-0.1, -0.05) is 17.7 Å². The maximum atomic E-state index is 6.19. The van der Waals surface area contributed by atoms with Gasteiger partial charge in [0, 0.05) is 16.8 Å². The van der Waals surface area contributed by atoms with E-state index in [1.54, 1.807) is 20.5 Å². The predicted molar refractivity (Wildman–Crippen MR) is 99.3 cm³/mol. The van der Waals surface area contributed by atoms with Gasteiger partial charge >= 0.3 is 0 Å². The minimum Gasteiger partial charge on any atom is -0.493 e. The first-order valence-corrected chi connectivity index (χ1v) is 8.23. The van der Waals surface area contributed by atoms with E-state index in [9.17, 15) is 0 Å². The molecule has 0 saturated carbocycles. The first kappa shape index (κ1) is 15.8. The topological polar surface area (TPSA) is 59.5 Å². The van der Waals surface area contributed by atoms with E-state index in [-0.39, 0.29) is 6.17 Å². The number of benzene rings is 2. The maximum absolute atomic E-state index is 6.19. The van der Waals surface area contributed by atoms with E-state index in [0.717, 1.165) is 28.1 Å². The summed E-state index contributed by atoms with van der Waals surface area (Å²) in [4.78, 5) is 11.0. The molecule has 0 bridgehead atoms. The van der Waals surface area contributed by atoms with Gasteiger partial charge in [-0.15, -0.1) is 0 Å². The summed E-state index contributed by atoms with van der Waals surface area (Å²) in [5.74, 6) is 2.07. The van der Waals surface area contributed by atoms with E-state index in [2.05, 4.69) is 27.1 Å². The van der Waals surface area contributed by atoms with Crippen LogP contribution in [0.25, 0.3) is 10.9 Å². The van der Waals surface area contributed by atoms with Crippen LogP contribution in [0.2, 0.25) is 5.02 Å². The highest BCUT2D eigenvalue weighted by atomic mass is 35.5. The van der Waals surface area contributed by atoms with Crippen LogP contribution in [-0.2, 0) is 0 Å². The normalized spacial score (nSPS) is 15.8. The quantitative estimate of drug-likeness (QED) is 0.758. The zero-order valence-corrected chi connectivity index (χ0v) is 14.8. The fraction of sp³-hybridized carbons (Fsp3) is 0.222. The van der Waals surface area contributed by atoms with Gasteiger partial charge in [-0.05, 0) is 25.1 Å². The van der Waals surface area contributed by atoms with Crippen LogP contribution >= 0.6 is 11.6 Å². The van der Waals surface area contributed by atoms with Gasteiger partial charge in [0.2, 0.25) is 0 Å². The summed E-state index contributed by atoms with van der Waals surface area (Å²) in [5.41, 5.74) is 2.57. The minimum atomic E-state index is -0.0647. The van der Waals surface area contributed by atoms with Crippen molar-refractivity contribution in [1.82, 2.24) is 9.97 Å². The number of hydrogen-bond donors (Lipinski definition) is 1. The molecule has 1 unspecified atom stereocenters. The van der Waals surface area contributed by atoms with Crippen molar-refractivity contribution in [3.8, 4) is 11.5 Å². The lowest BCUT2D eigenvalue weighted by Crippen LogP contribution is -2.38. The average molecular weight is 357 g/mol. The summed E-state index contributed by atoms with van der Waals surface area (Å²) < 4.78 is 11.0.